The minimum absolute atomic E-state index is 0.0326. The molecule has 0 amide bonds. The van der Waals surface area contributed by atoms with Gasteiger partial charge in [0.25, 0.3) is 0 Å². The van der Waals surface area contributed by atoms with E-state index in [9.17, 15) is 4.39 Å². The van der Waals surface area contributed by atoms with Crippen molar-refractivity contribution in [3.8, 4) is 0 Å². The molecule has 2 aromatic carbocycles. The van der Waals surface area contributed by atoms with Crippen LogP contribution in [0.5, 0.6) is 0 Å². The van der Waals surface area contributed by atoms with Crippen molar-refractivity contribution in [1.29, 1.82) is 0 Å². The van der Waals surface area contributed by atoms with Crippen LogP contribution in [0.1, 0.15) is 48.4 Å². The molecule has 0 radical (unpaired) electrons. The predicted molar refractivity (Wildman–Crippen MR) is 121 cm³/mol. The van der Waals surface area contributed by atoms with Gasteiger partial charge >= 0.3 is 0 Å². The molecule has 1 atom stereocenters. The van der Waals surface area contributed by atoms with Crippen LogP contribution in [0.15, 0.2) is 72.3 Å². The molecule has 3 aliphatic rings. The van der Waals surface area contributed by atoms with E-state index in [0.29, 0.717) is 12.1 Å². The second-order valence-electron chi connectivity index (χ2n) is 8.86. The minimum atomic E-state index is -0.0326. The molecule has 2 nitrogen and oxygen atoms in total. The van der Waals surface area contributed by atoms with Crippen LogP contribution < -0.4 is 0 Å². The highest BCUT2D eigenvalue weighted by molar-refractivity contribution is 5.36. The molecule has 0 bridgehead atoms. The lowest BCUT2D eigenvalue weighted by Gasteiger charge is -2.43. The molecule has 1 unspecified atom stereocenters. The van der Waals surface area contributed by atoms with Gasteiger partial charge in [-0.1, -0.05) is 60.7 Å². The van der Waals surface area contributed by atoms with Crippen molar-refractivity contribution < 1.29 is 4.39 Å². The molecule has 1 fully saturated rings. The van der Waals surface area contributed by atoms with Crippen LogP contribution >= 0.6 is 0 Å². The van der Waals surface area contributed by atoms with Gasteiger partial charge in [-0.3, -0.25) is 9.80 Å². The molecule has 3 heteroatoms. The zero-order chi connectivity index (χ0) is 20.3. The van der Waals surface area contributed by atoms with Gasteiger partial charge in [0.1, 0.15) is 5.82 Å². The van der Waals surface area contributed by atoms with E-state index in [0.717, 1.165) is 63.8 Å². The topological polar surface area (TPSA) is 6.48 Å². The van der Waals surface area contributed by atoms with E-state index in [1.807, 2.05) is 6.07 Å². The third-order valence-corrected chi connectivity index (χ3v) is 7.08. The number of allylic oxidation sites excluding steroid dienone is 2. The number of hydrogen-bond donors (Lipinski definition) is 0. The number of halogens is 1. The highest BCUT2D eigenvalue weighted by atomic mass is 19.1. The maximum atomic E-state index is 14.3. The first kappa shape index (κ1) is 19.7. The van der Waals surface area contributed by atoms with Crippen LogP contribution in [-0.2, 0) is 13.0 Å². The Morgan fingerprint density at radius 3 is 2.50 bits per heavy atom. The lowest BCUT2D eigenvalue weighted by atomic mass is 9.90. The van der Waals surface area contributed by atoms with E-state index < -0.39 is 0 Å². The molecule has 156 valence electrons. The van der Waals surface area contributed by atoms with Gasteiger partial charge in [0.05, 0.1) is 6.04 Å². The summed E-state index contributed by atoms with van der Waals surface area (Å²) < 4.78 is 14.3. The molecule has 1 aliphatic carbocycles. The fourth-order valence-corrected chi connectivity index (χ4v) is 5.47. The molecule has 2 aliphatic heterocycles. The summed E-state index contributed by atoms with van der Waals surface area (Å²) in [5.74, 6) is -0.0326. The molecule has 30 heavy (non-hydrogen) atoms. The highest BCUT2D eigenvalue weighted by Crippen LogP contribution is 2.35. The number of hydrogen-bond acceptors (Lipinski definition) is 2. The lowest BCUT2D eigenvalue weighted by Crippen LogP contribution is -2.47. The van der Waals surface area contributed by atoms with Gasteiger partial charge in [0.2, 0.25) is 0 Å². The van der Waals surface area contributed by atoms with Gasteiger partial charge in [0, 0.05) is 37.8 Å². The van der Waals surface area contributed by atoms with Crippen molar-refractivity contribution in [1.82, 2.24) is 9.80 Å². The first-order valence-corrected chi connectivity index (χ1v) is 11.5. The summed E-state index contributed by atoms with van der Waals surface area (Å²) in [4.78, 5) is 5.19. The molecule has 0 spiro atoms. The van der Waals surface area contributed by atoms with Gasteiger partial charge in [0.15, 0.2) is 0 Å². The molecule has 5 rings (SSSR count). The standard InChI is InChI=1S/C27H31FN2/c28-26-13-7-12-21-14-17-30(20-25(21)26)24-15-18-29(19-16-24)27(22-8-3-1-4-9-22)23-10-5-2-6-11-23/h1,3-5,7-13,24,27H,2,6,14-20H2. The highest BCUT2D eigenvalue weighted by Gasteiger charge is 2.32. The molecular weight excluding hydrogens is 371 g/mol. The Bertz CT molecular complexity index is 925. The van der Waals surface area contributed by atoms with Crippen LogP contribution in [-0.4, -0.2) is 35.5 Å². The summed E-state index contributed by atoms with van der Waals surface area (Å²) in [7, 11) is 0. The average molecular weight is 403 g/mol. The van der Waals surface area contributed by atoms with Crippen molar-refractivity contribution in [2.24, 2.45) is 0 Å². The molecule has 0 aromatic heterocycles. The van der Waals surface area contributed by atoms with Crippen molar-refractivity contribution in [2.45, 2.75) is 50.7 Å². The quantitative estimate of drug-likeness (QED) is 0.650. The fraction of sp³-hybridized carbons (Fsp3) is 0.407. The van der Waals surface area contributed by atoms with Gasteiger partial charge in [-0.25, -0.2) is 4.39 Å². The number of rotatable bonds is 4. The maximum absolute atomic E-state index is 14.3. The molecule has 2 aromatic rings. The summed E-state index contributed by atoms with van der Waals surface area (Å²) in [6.45, 7) is 4.01. The van der Waals surface area contributed by atoms with E-state index in [1.54, 1.807) is 6.07 Å². The summed E-state index contributed by atoms with van der Waals surface area (Å²) in [6, 6.07) is 17.4. The second kappa shape index (κ2) is 8.87. The number of piperidine rings is 1. The minimum Gasteiger partial charge on any atom is -0.296 e. The lowest BCUT2D eigenvalue weighted by molar-refractivity contribution is 0.0831. The monoisotopic (exact) mass is 402 g/mol. The molecule has 1 saturated heterocycles. The summed E-state index contributed by atoms with van der Waals surface area (Å²) in [5.41, 5.74) is 4.96. The van der Waals surface area contributed by atoms with E-state index in [-0.39, 0.29) is 5.82 Å². The van der Waals surface area contributed by atoms with E-state index in [1.165, 1.54) is 16.7 Å². The number of benzene rings is 2. The van der Waals surface area contributed by atoms with E-state index in [4.69, 9.17) is 0 Å². The number of fused-ring (bicyclic) bond motifs is 1. The number of nitrogens with zero attached hydrogens (tertiary/aromatic N) is 2. The normalized spacial score (nSPS) is 21.8. The first-order valence-electron chi connectivity index (χ1n) is 11.5. The SMILES string of the molecule is Fc1cccc2c1CN(C1CCN(C(C3=CCCC=C3)c3ccccc3)CC1)CC2. The van der Waals surface area contributed by atoms with Crippen molar-refractivity contribution >= 4 is 0 Å². The van der Waals surface area contributed by atoms with Crippen LogP contribution in [0.4, 0.5) is 4.39 Å². The van der Waals surface area contributed by atoms with Gasteiger partial charge in [-0.2, -0.15) is 0 Å². The summed E-state index contributed by atoms with van der Waals surface area (Å²) in [6.07, 6.45) is 12.7. The Hall–Kier alpha value is -2.23. The van der Waals surface area contributed by atoms with Gasteiger partial charge in [-0.05, 0) is 54.9 Å². The van der Waals surface area contributed by atoms with Crippen LogP contribution in [0.25, 0.3) is 0 Å². The average Bonchev–Trinajstić information content (AvgIpc) is 2.81. The van der Waals surface area contributed by atoms with Crippen LogP contribution in [0.2, 0.25) is 0 Å². The van der Waals surface area contributed by atoms with Crippen molar-refractivity contribution in [3.05, 3.63) is 94.8 Å². The summed E-state index contributed by atoms with van der Waals surface area (Å²) >= 11 is 0. The molecule has 2 heterocycles. The Morgan fingerprint density at radius 1 is 0.900 bits per heavy atom. The summed E-state index contributed by atoms with van der Waals surface area (Å²) in [5, 5.41) is 0. The van der Waals surface area contributed by atoms with Gasteiger partial charge in [-0.15, -0.1) is 0 Å². The third-order valence-electron chi connectivity index (χ3n) is 7.08. The Kier molecular flexibility index (Phi) is 5.83. The largest absolute Gasteiger partial charge is 0.296 e. The van der Waals surface area contributed by atoms with E-state index in [2.05, 4.69) is 64.4 Å². The Balaban J connectivity index is 1.29. The van der Waals surface area contributed by atoms with Crippen molar-refractivity contribution in [2.75, 3.05) is 19.6 Å². The Labute approximate surface area is 179 Å². The second-order valence-corrected chi connectivity index (χ2v) is 8.86. The molecule has 0 N–H and O–H groups in total. The van der Waals surface area contributed by atoms with Gasteiger partial charge < -0.3 is 0 Å². The molecular formula is C27H31FN2. The smallest absolute Gasteiger partial charge is 0.127 e. The predicted octanol–water partition coefficient (Wildman–Crippen LogP) is 5.67. The van der Waals surface area contributed by atoms with E-state index >= 15 is 0 Å². The Morgan fingerprint density at radius 2 is 1.73 bits per heavy atom. The fourth-order valence-electron chi connectivity index (χ4n) is 5.47. The molecule has 0 saturated carbocycles. The van der Waals surface area contributed by atoms with Crippen LogP contribution in [0, 0.1) is 5.82 Å². The first-order chi connectivity index (χ1) is 14.8. The zero-order valence-corrected chi connectivity index (χ0v) is 17.6. The third kappa shape index (κ3) is 4.01. The zero-order valence-electron chi connectivity index (χ0n) is 17.6. The maximum Gasteiger partial charge on any atom is 0.127 e. The number of likely N-dealkylation sites (tertiary alicyclic amines) is 1. The van der Waals surface area contributed by atoms with Crippen molar-refractivity contribution in [3.63, 3.8) is 0 Å². The van der Waals surface area contributed by atoms with Crippen LogP contribution in [0.3, 0.4) is 0 Å².